The molecular formula is C22H33N5O5S. The molecule has 1 aliphatic heterocycles. The number of amides is 4. The van der Waals surface area contributed by atoms with E-state index in [1.165, 1.54) is 16.7 Å². The van der Waals surface area contributed by atoms with E-state index < -0.39 is 6.09 Å². The average molecular weight is 480 g/mol. The first-order valence-corrected chi connectivity index (χ1v) is 12.2. The number of carbonyl (C=O) groups is 4. The van der Waals surface area contributed by atoms with Gasteiger partial charge in [-0.3, -0.25) is 19.3 Å². The van der Waals surface area contributed by atoms with Gasteiger partial charge in [0.1, 0.15) is 6.61 Å². The van der Waals surface area contributed by atoms with Crippen LogP contribution >= 0.6 is 11.8 Å². The van der Waals surface area contributed by atoms with Gasteiger partial charge >= 0.3 is 6.09 Å². The van der Waals surface area contributed by atoms with Gasteiger partial charge in [0.2, 0.25) is 17.7 Å². The van der Waals surface area contributed by atoms with Crippen molar-refractivity contribution >= 4 is 41.3 Å². The van der Waals surface area contributed by atoms with E-state index in [1.807, 2.05) is 0 Å². The smallest absolute Gasteiger partial charge is 0.407 e. The minimum absolute atomic E-state index is 0.0500. The van der Waals surface area contributed by atoms with Crippen molar-refractivity contribution in [1.82, 2.24) is 15.5 Å². The number of imide groups is 1. The fraction of sp³-hybridized carbons (Fsp3) is 0.545. The maximum Gasteiger partial charge on any atom is 0.407 e. The summed E-state index contributed by atoms with van der Waals surface area (Å²) >= 11 is 1.35. The normalized spacial score (nSPS) is 16.6. The minimum atomic E-state index is -0.637. The predicted octanol–water partition coefficient (Wildman–Crippen LogP) is 1.06. The first-order valence-electron chi connectivity index (χ1n) is 10.9. The van der Waals surface area contributed by atoms with Crippen LogP contribution in [0.5, 0.6) is 0 Å². The van der Waals surface area contributed by atoms with Crippen molar-refractivity contribution in [1.29, 1.82) is 0 Å². The molecular weight excluding hydrogens is 446 g/mol. The molecule has 5 N–H and O–H groups in total. The van der Waals surface area contributed by atoms with Gasteiger partial charge in [0.15, 0.2) is 0 Å². The lowest BCUT2D eigenvalue weighted by Crippen LogP contribution is -2.39. The number of nitrogens with zero attached hydrogens (tertiary/aromatic N) is 1. The number of nitrogens with one attached hydrogen (secondary N) is 3. The summed E-state index contributed by atoms with van der Waals surface area (Å²) in [4.78, 5) is 49.4. The quantitative estimate of drug-likeness (QED) is 0.243. The van der Waals surface area contributed by atoms with Gasteiger partial charge in [-0.1, -0.05) is 18.6 Å². The lowest BCUT2D eigenvalue weighted by molar-refractivity contribution is -0.138. The molecule has 11 heteroatoms. The molecule has 0 spiro atoms. The van der Waals surface area contributed by atoms with Crippen LogP contribution in [0.2, 0.25) is 0 Å². The Labute approximate surface area is 198 Å². The van der Waals surface area contributed by atoms with Crippen LogP contribution in [0.25, 0.3) is 0 Å². The largest absolute Gasteiger partial charge is 0.445 e. The molecule has 33 heavy (non-hydrogen) atoms. The Morgan fingerprint density at radius 3 is 2.58 bits per heavy atom. The summed E-state index contributed by atoms with van der Waals surface area (Å²) in [6, 6.07) is 6.72. The second kappa shape index (κ2) is 13.8. The zero-order chi connectivity index (χ0) is 24.2. The molecule has 1 aromatic rings. The molecule has 182 valence electrons. The molecule has 1 aliphatic rings. The van der Waals surface area contributed by atoms with E-state index in [1.54, 1.807) is 37.6 Å². The number of anilines is 1. The number of hydrogen-bond donors (Lipinski definition) is 4. The molecule has 2 rings (SSSR count). The summed E-state index contributed by atoms with van der Waals surface area (Å²) in [5.41, 5.74) is 6.90. The van der Waals surface area contributed by atoms with Gasteiger partial charge in [-0.15, -0.1) is 0 Å². The lowest BCUT2D eigenvalue weighted by atomic mass is 10.1. The summed E-state index contributed by atoms with van der Waals surface area (Å²) in [5, 5.41) is 8.09. The maximum absolute atomic E-state index is 12.4. The summed E-state index contributed by atoms with van der Waals surface area (Å²) in [6.07, 6.45) is 3.81. The van der Waals surface area contributed by atoms with Gasteiger partial charge in [-0.25, -0.2) is 4.79 Å². The van der Waals surface area contributed by atoms with Crippen LogP contribution < -0.4 is 21.7 Å². The molecule has 0 aliphatic carbocycles. The Morgan fingerprint density at radius 1 is 1.24 bits per heavy atom. The number of likely N-dealkylation sites (tertiary alicyclic amines) is 1. The van der Waals surface area contributed by atoms with Gasteiger partial charge in [-0.2, -0.15) is 11.8 Å². The highest BCUT2D eigenvalue weighted by Crippen LogP contribution is 2.22. The van der Waals surface area contributed by atoms with E-state index >= 15 is 0 Å². The van der Waals surface area contributed by atoms with Crippen LogP contribution in [-0.2, 0) is 25.7 Å². The first-order chi connectivity index (χ1) is 15.9. The molecule has 1 heterocycles. The van der Waals surface area contributed by atoms with E-state index in [0.717, 1.165) is 18.4 Å². The summed E-state index contributed by atoms with van der Waals surface area (Å²) < 4.78 is 5.17. The van der Waals surface area contributed by atoms with Gasteiger partial charge in [-0.05, 0) is 50.4 Å². The van der Waals surface area contributed by atoms with E-state index in [2.05, 4.69) is 16.0 Å². The summed E-state index contributed by atoms with van der Waals surface area (Å²) in [7, 11) is 1.75. The number of thioether (sulfide) groups is 1. The van der Waals surface area contributed by atoms with Gasteiger partial charge in [0, 0.05) is 25.2 Å². The fourth-order valence-corrected chi connectivity index (χ4v) is 3.99. The molecule has 1 unspecified atom stereocenters. The van der Waals surface area contributed by atoms with Crippen molar-refractivity contribution < 1.29 is 23.9 Å². The van der Waals surface area contributed by atoms with Crippen molar-refractivity contribution in [3.05, 3.63) is 29.8 Å². The highest BCUT2D eigenvalue weighted by Gasteiger charge is 2.37. The van der Waals surface area contributed by atoms with Crippen LogP contribution in [0.4, 0.5) is 10.5 Å². The van der Waals surface area contributed by atoms with E-state index in [4.69, 9.17) is 10.5 Å². The molecule has 4 amide bonds. The number of alkyl carbamates (subject to hydrolysis) is 1. The molecule has 10 nitrogen and oxygen atoms in total. The third-order valence-corrected chi connectivity index (χ3v) is 6.23. The monoisotopic (exact) mass is 479 g/mol. The van der Waals surface area contributed by atoms with Gasteiger partial charge in [0.05, 0.1) is 11.3 Å². The Hall–Kier alpha value is -2.63. The highest BCUT2D eigenvalue weighted by molar-refractivity contribution is 8.00. The average Bonchev–Trinajstić information content (AvgIpc) is 3.09. The van der Waals surface area contributed by atoms with Crippen molar-refractivity contribution in [2.24, 2.45) is 5.73 Å². The standard InChI is InChI=1S/C22H33N5O5S/c1-24-17(5-3-4-10-23)20(29)26-16-8-6-15(7-9-16)14-32-22(31)25-11-12-27-19(28)13-18(33-2)21(27)30/h6-9,17-18,24H,3-5,10-14,23H2,1-2H3,(H,25,31)(H,26,29)/t17-,18?/m0/s1. The number of rotatable bonds is 13. The third kappa shape index (κ3) is 8.34. The maximum atomic E-state index is 12.4. The Morgan fingerprint density at radius 2 is 1.97 bits per heavy atom. The van der Waals surface area contributed by atoms with Crippen molar-refractivity contribution in [3.8, 4) is 0 Å². The van der Waals surface area contributed by atoms with Crippen LogP contribution in [0.3, 0.4) is 0 Å². The van der Waals surface area contributed by atoms with Crippen LogP contribution in [0, 0.1) is 0 Å². The first kappa shape index (κ1) is 26.6. The Bertz CT molecular complexity index is 820. The number of ether oxygens (including phenoxy) is 1. The highest BCUT2D eigenvalue weighted by atomic mass is 32.2. The molecule has 0 radical (unpaired) electrons. The van der Waals surface area contributed by atoms with Gasteiger partial charge < -0.3 is 26.4 Å². The lowest BCUT2D eigenvalue weighted by Gasteiger charge is -2.16. The summed E-state index contributed by atoms with van der Waals surface area (Å²) in [5.74, 6) is -0.554. The topological polar surface area (TPSA) is 143 Å². The van der Waals surface area contributed by atoms with E-state index in [-0.39, 0.29) is 55.1 Å². The zero-order valence-corrected chi connectivity index (χ0v) is 19.9. The van der Waals surface area contributed by atoms with Crippen LogP contribution in [0.15, 0.2) is 24.3 Å². The second-order valence-corrected chi connectivity index (χ2v) is 8.67. The molecule has 1 fully saturated rings. The molecule has 1 aromatic carbocycles. The number of nitrogens with two attached hydrogens (primary N) is 1. The Balaban J connectivity index is 1.71. The molecule has 2 atom stereocenters. The fourth-order valence-electron chi connectivity index (χ4n) is 3.35. The number of likely N-dealkylation sites (N-methyl/N-ethyl adjacent to an activating group) is 1. The number of hydrogen-bond acceptors (Lipinski definition) is 8. The van der Waals surface area contributed by atoms with Crippen LogP contribution in [-0.4, -0.2) is 72.9 Å². The van der Waals surface area contributed by atoms with Crippen molar-refractivity contribution in [3.63, 3.8) is 0 Å². The van der Waals surface area contributed by atoms with Crippen molar-refractivity contribution in [2.45, 2.75) is 43.6 Å². The van der Waals surface area contributed by atoms with E-state index in [9.17, 15) is 19.2 Å². The number of unbranched alkanes of at least 4 members (excludes halogenated alkanes) is 1. The van der Waals surface area contributed by atoms with E-state index in [0.29, 0.717) is 18.7 Å². The van der Waals surface area contributed by atoms with Crippen LogP contribution in [0.1, 0.15) is 31.2 Å². The van der Waals surface area contributed by atoms with Gasteiger partial charge in [0.25, 0.3) is 0 Å². The minimum Gasteiger partial charge on any atom is -0.445 e. The molecule has 0 bridgehead atoms. The SMILES string of the molecule is CN[C@@H](CCCCN)C(=O)Nc1ccc(COC(=O)NCCN2C(=O)CC(SC)C2=O)cc1. The Kier molecular flexibility index (Phi) is 11.1. The molecule has 0 aromatic heterocycles. The van der Waals surface area contributed by atoms with Crippen molar-refractivity contribution in [2.75, 3.05) is 38.3 Å². The zero-order valence-electron chi connectivity index (χ0n) is 19.1. The second-order valence-electron chi connectivity index (χ2n) is 7.63. The number of benzene rings is 1. The third-order valence-electron chi connectivity index (χ3n) is 5.30. The summed E-state index contributed by atoms with van der Waals surface area (Å²) in [6.45, 7) is 0.906. The predicted molar refractivity (Wildman–Crippen MR) is 128 cm³/mol. The number of carbonyl (C=O) groups excluding carboxylic acids is 4. The molecule has 0 saturated carbocycles. The molecule has 1 saturated heterocycles.